The molecule has 0 unspecified atom stereocenters. The van der Waals surface area contributed by atoms with Crippen LogP contribution < -0.4 is 15.8 Å². The van der Waals surface area contributed by atoms with Gasteiger partial charge in [0, 0.05) is 17.2 Å². The number of carboxylic acids is 1. The standard InChI is InChI=1S/C19H17NO6/c1-9-4-5-12(7-14(9)20(24)25)16-8-15(21)13-6-10(2)11(3)17(19(22)23)18(13)26-16/h4-8,24-25H,1-3H3,(H,22,23)/p-1. The lowest BCUT2D eigenvalue weighted by atomic mass is 9.99. The van der Waals surface area contributed by atoms with Gasteiger partial charge in [-0.1, -0.05) is 12.1 Å². The van der Waals surface area contributed by atoms with Crippen molar-refractivity contribution in [1.82, 2.24) is 0 Å². The molecule has 3 aromatic rings. The summed E-state index contributed by atoms with van der Waals surface area (Å²) < 4.78 is 5.73. The minimum Gasteiger partial charge on any atom is -0.545 e. The van der Waals surface area contributed by atoms with Crippen molar-refractivity contribution < 1.29 is 24.7 Å². The molecular formula is C19H16NO6-. The van der Waals surface area contributed by atoms with E-state index in [1.54, 1.807) is 39.0 Å². The van der Waals surface area contributed by atoms with Crippen LogP contribution in [0.3, 0.4) is 0 Å². The Bertz CT molecular complexity index is 1100. The van der Waals surface area contributed by atoms with Crippen LogP contribution >= 0.6 is 0 Å². The Morgan fingerprint density at radius 3 is 2.38 bits per heavy atom. The second-order valence-corrected chi connectivity index (χ2v) is 6.12. The number of benzene rings is 2. The van der Waals surface area contributed by atoms with Crippen molar-refractivity contribution in [1.29, 1.82) is 0 Å². The first-order valence-corrected chi connectivity index (χ1v) is 7.79. The Morgan fingerprint density at radius 1 is 1.08 bits per heavy atom. The highest BCUT2D eigenvalue weighted by Gasteiger charge is 2.16. The predicted molar refractivity (Wildman–Crippen MR) is 92.5 cm³/mol. The zero-order chi connectivity index (χ0) is 19.2. The van der Waals surface area contributed by atoms with Crippen LogP contribution in [0.1, 0.15) is 27.0 Å². The van der Waals surface area contributed by atoms with E-state index < -0.39 is 11.4 Å². The molecule has 1 heterocycles. The zero-order valence-electron chi connectivity index (χ0n) is 14.4. The smallest absolute Gasteiger partial charge is 0.193 e. The van der Waals surface area contributed by atoms with Gasteiger partial charge in [0.15, 0.2) is 5.43 Å². The van der Waals surface area contributed by atoms with E-state index in [0.717, 1.165) is 0 Å². The van der Waals surface area contributed by atoms with Crippen LogP contribution in [0.4, 0.5) is 5.69 Å². The van der Waals surface area contributed by atoms with Gasteiger partial charge in [-0.2, -0.15) is 0 Å². The lowest BCUT2D eigenvalue weighted by Gasteiger charge is -2.15. The van der Waals surface area contributed by atoms with Gasteiger partial charge in [-0.05, 0) is 49.6 Å². The lowest BCUT2D eigenvalue weighted by Crippen LogP contribution is -2.24. The number of hydrogen-bond acceptors (Lipinski definition) is 7. The summed E-state index contributed by atoms with van der Waals surface area (Å²) in [5.41, 5.74) is 1.54. The van der Waals surface area contributed by atoms with E-state index in [0.29, 0.717) is 22.3 Å². The van der Waals surface area contributed by atoms with Gasteiger partial charge in [0.2, 0.25) is 0 Å². The molecule has 0 spiro atoms. The molecule has 7 nitrogen and oxygen atoms in total. The van der Waals surface area contributed by atoms with Crippen LogP contribution in [0.5, 0.6) is 0 Å². The van der Waals surface area contributed by atoms with Crippen molar-refractivity contribution in [2.24, 2.45) is 0 Å². The highest BCUT2D eigenvalue weighted by Crippen LogP contribution is 2.30. The topological polar surface area (TPSA) is 114 Å². The molecule has 7 heteroatoms. The molecule has 0 atom stereocenters. The average Bonchev–Trinajstić information content (AvgIpc) is 2.56. The first kappa shape index (κ1) is 17.7. The maximum absolute atomic E-state index is 12.5. The van der Waals surface area contributed by atoms with E-state index in [1.807, 2.05) is 0 Å². The quantitative estimate of drug-likeness (QED) is 0.694. The average molecular weight is 354 g/mol. The number of hydrogen-bond donors (Lipinski definition) is 2. The van der Waals surface area contributed by atoms with Gasteiger partial charge < -0.3 is 14.3 Å². The monoisotopic (exact) mass is 354 g/mol. The molecule has 0 bridgehead atoms. The third-order valence-electron chi connectivity index (χ3n) is 4.45. The molecule has 0 amide bonds. The van der Waals surface area contributed by atoms with Gasteiger partial charge in [0.25, 0.3) is 0 Å². The van der Waals surface area contributed by atoms with Crippen molar-refractivity contribution in [2.75, 3.05) is 5.23 Å². The van der Waals surface area contributed by atoms with Crippen molar-refractivity contribution in [3.05, 3.63) is 62.8 Å². The second kappa shape index (κ2) is 6.29. The lowest BCUT2D eigenvalue weighted by molar-refractivity contribution is -0.254. The Morgan fingerprint density at radius 2 is 1.77 bits per heavy atom. The molecule has 0 aliphatic rings. The number of carbonyl (C=O) groups excluding carboxylic acids is 1. The van der Waals surface area contributed by atoms with E-state index in [-0.39, 0.29) is 33.2 Å². The van der Waals surface area contributed by atoms with E-state index in [2.05, 4.69) is 0 Å². The van der Waals surface area contributed by atoms with Gasteiger partial charge in [-0.15, -0.1) is 5.23 Å². The van der Waals surface area contributed by atoms with Crippen molar-refractivity contribution >= 4 is 22.6 Å². The molecule has 3 rings (SSSR count). The van der Waals surface area contributed by atoms with Crippen LogP contribution in [-0.4, -0.2) is 16.4 Å². The Labute approximate surface area is 148 Å². The minimum atomic E-state index is -1.43. The Kier molecular flexibility index (Phi) is 4.27. The molecule has 1 aromatic heterocycles. The summed E-state index contributed by atoms with van der Waals surface area (Å²) in [6, 6.07) is 7.49. The molecule has 2 aromatic carbocycles. The molecule has 0 saturated heterocycles. The number of aromatic carboxylic acids is 1. The number of carboxylic acid groups (broad SMARTS) is 1. The molecule has 134 valence electrons. The number of anilines is 1. The summed E-state index contributed by atoms with van der Waals surface area (Å²) in [6.45, 7) is 5.00. The highest BCUT2D eigenvalue weighted by atomic mass is 16.8. The largest absolute Gasteiger partial charge is 0.545 e. The van der Waals surface area contributed by atoms with E-state index >= 15 is 0 Å². The third-order valence-corrected chi connectivity index (χ3v) is 4.45. The van der Waals surface area contributed by atoms with Crippen molar-refractivity contribution in [2.45, 2.75) is 20.8 Å². The molecule has 0 aliphatic carbocycles. The van der Waals surface area contributed by atoms with Gasteiger partial charge in [-0.25, -0.2) is 0 Å². The fraction of sp³-hybridized carbons (Fsp3) is 0.158. The number of rotatable bonds is 3. The van der Waals surface area contributed by atoms with Crippen LogP contribution in [0.2, 0.25) is 0 Å². The number of fused-ring (bicyclic) bond motifs is 1. The van der Waals surface area contributed by atoms with Crippen molar-refractivity contribution in [3.63, 3.8) is 0 Å². The van der Waals surface area contributed by atoms with Gasteiger partial charge in [0.1, 0.15) is 11.3 Å². The van der Waals surface area contributed by atoms with Crippen LogP contribution in [-0.2, 0) is 0 Å². The molecule has 26 heavy (non-hydrogen) atoms. The first-order chi connectivity index (χ1) is 12.2. The van der Waals surface area contributed by atoms with Gasteiger partial charge in [0.05, 0.1) is 17.0 Å². The van der Waals surface area contributed by atoms with E-state index in [4.69, 9.17) is 4.42 Å². The van der Waals surface area contributed by atoms with Crippen molar-refractivity contribution in [3.8, 4) is 11.3 Å². The zero-order valence-corrected chi connectivity index (χ0v) is 14.4. The number of carbonyl (C=O) groups is 1. The SMILES string of the molecule is Cc1ccc(-c2cc(=O)c3cc(C)c(C)c(C(=O)[O-])c3o2)cc1N(O)O. The Balaban J connectivity index is 2.35. The van der Waals surface area contributed by atoms with E-state index in [1.165, 1.54) is 12.1 Å². The summed E-state index contributed by atoms with van der Waals surface area (Å²) in [7, 11) is 0. The minimum absolute atomic E-state index is 0.0297. The second-order valence-electron chi connectivity index (χ2n) is 6.12. The molecule has 0 aliphatic heterocycles. The van der Waals surface area contributed by atoms with Crippen LogP contribution in [0.25, 0.3) is 22.3 Å². The number of nitrogens with zero attached hydrogens (tertiary/aromatic N) is 1. The molecule has 0 radical (unpaired) electrons. The van der Waals surface area contributed by atoms with Gasteiger partial charge in [-0.3, -0.25) is 15.2 Å². The summed E-state index contributed by atoms with van der Waals surface area (Å²) in [6.07, 6.45) is 0. The molecule has 2 N–H and O–H groups in total. The molecular weight excluding hydrogens is 338 g/mol. The maximum Gasteiger partial charge on any atom is 0.193 e. The van der Waals surface area contributed by atoms with Gasteiger partial charge >= 0.3 is 0 Å². The van der Waals surface area contributed by atoms with E-state index in [9.17, 15) is 25.1 Å². The molecule has 0 fully saturated rings. The number of aryl methyl sites for hydroxylation is 2. The molecule has 0 saturated carbocycles. The Hall–Kier alpha value is -3.16. The fourth-order valence-corrected chi connectivity index (χ4v) is 2.88. The summed E-state index contributed by atoms with van der Waals surface area (Å²) >= 11 is 0. The maximum atomic E-state index is 12.5. The summed E-state index contributed by atoms with van der Waals surface area (Å²) in [5.74, 6) is -1.32. The van der Waals surface area contributed by atoms with Crippen LogP contribution in [0, 0.1) is 20.8 Å². The van der Waals surface area contributed by atoms with Crippen LogP contribution in [0.15, 0.2) is 39.5 Å². The first-order valence-electron chi connectivity index (χ1n) is 7.79. The third kappa shape index (κ3) is 2.83. The highest BCUT2D eigenvalue weighted by molar-refractivity contribution is 6.02. The predicted octanol–water partition coefficient (Wildman–Crippen LogP) is 2.33. The fourth-order valence-electron chi connectivity index (χ4n) is 2.88. The normalized spacial score (nSPS) is 11.0. The summed E-state index contributed by atoms with van der Waals surface area (Å²) in [4.78, 5) is 24.1. The summed E-state index contributed by atoms with van der Waals surface area (Å²) in [5, 5.41) is 30.3.